The molecule has 6 heteroatoms. The van der Waals surface area contributed by atoms with Gasteiger partial charge in [-0.3, -0.25) is 4.79 Å². The predicted octanol–water partition coefficient (Wildman–Crippen LogP) is 2.45. The summed E-state index contributed by atoms with van der Waals surface area (Å²) in [6.07, 6.45) is 4.31. The lowest BCUT2D eigenvalue weighted by molar-refractivity contribution is -0.141. The number of carbonyl (C=O) groups excluding carboxylic acids is 1. The van der Waals surface area contributed by atoms with Crippen LogP contribution in [0, 0.1) is 5.92 Å². The first kappa shape index (κ1) is 16.6. The number of aliphatic carboxylic acids is 1. The molecule has 3 rings (SSSR count). The normalized spacial score (nSPS) is 24.1. The van der Waals surface area contributed by atoms with Crippen LogP contribution in [0.1, 0.15) is 37.2 Å². The van der Waals surface area contributed by atoms with Crippen LogP contribution in [0.25, 0.3) is 0 Å². The first-order chi connectivity index (χ1) is 11.6. The molecule has 1 heterocycles. The van der Waals surface area contributed by atoms with Crippen LogP contribution in [0.4, 0.5) is 4.79 Å². The summed E-state index contributed by atoms with van der Waals surface area (Å²) in [6, 6.07) is 7.53. The van der Waals surface area contributed by atoms with Gasteiger partial charge in [0, 0.05) is 25.0 Å². The summed E-state index contributed by atoms with van der Waals surface area (Å²) in [5, 5.41) is 12.6. The Labute approximate surface area is 141 Å². The molecule has 1 saturated heterocycles. The topological polar surface area (TPSA) is 78.9 Å². The quantitative estimate of drug-likeness (QED) is 0.888. The molecule has 2 fully saturated rings. The van der Waals surface area contributed by atoms with Crippen molar-refractivity contribution < 1.29 is 19.4 Å². The zero-order chi connectivity index (χ0) is 17.1. The van der Waals surface area contributed by atoms with Crippen LogP contribution in [-0.4, -0.2) is 48.2 Å². The molecule has 1 aliphatic carbocycles. The number of carbonyl (C=O) groups is 2. The summed E-state index contributed by atoms with van der Waals surface area (Å²) in [4.78, 5) is 25.8. The van der Waals surface area contributed by atoms with Crippen LogP contribution in [0.2, 0.25) is 0 Å². The van der Waals surface area contributed by atoms with E-state index < -0.39 is 11.9 Å². The number of amides is 2. The molecule has 6 nitrogen and oxygen atoms in total. The number of benzene rings is 1. The van der Waals surface area contributed by atoms with Crippen LogP contribution >= 0.6 is 0 Å². The number of para-hydroxylation sites is 1. The van der Waals surface area contributed by atoms with Crippen molar-refractivity contribution in [3.05, 3.63) is 29.8 Å². The average molecular weight is 332 g/mol. The SMILES string of the molecule is COc1ccccc1[C@@H]1CN(C(=O)NC2CCCC2)C[C@H]1C(=O)O. The Balaban J connectivity index is 1.76. The molecule has 1 aliphatic heterocycles. The van der Waals surface area contributed by atoms with Gasteiger partial charge in [0.05, 0.1) is 13.0 Å². The van der Waals surface area contributed by atoms with E-state index in [1.165, 1.54) is 0 Å². The van der Waals surface area contributed by atoms with Gasteiger partial charge in [-0.1, -0.05) is 31.0 Å². The first-order valence-corrected chi connectivity index (χ1v) is 8.51. The van der Waals surface area contributed by atoms with Gasteiger partial charge in [0.1, 0.15) is 5.75 Å². The summed E-state index contributed by atoms with van der Waals surface area (Å²) in [6.45, 7) is 0.631. The molecule has 0 bridgehead atoms. The molecule has 0 radical (unpaired) electrons. The van der Waals surface area contributed by atoms with Crippen LogP contribution in [0.15, 0.2) is 24.3 Å². The van der Waals surface area contributed by atoms with Crippen LogP contribution in [-0.2, 0) is 4.79 Å². The lowest BCUT2D eigenvalue weighted by atomic mass is 9.88. The Hall–Kier alpha value is -2.24. The fourth-order valence-electron chi connectivity index (χ4n) is 3.84. The minimum Gasteiger partial charge on any atom is -0.496 e. The lowest BCUT2D eigenvalue weighted by Crippen LogP contribution is -2.43. The maximum atomic E-state index is 12.5. The standard InChI is InChI=1S/C18H24N2O4/c1-24-16-9-5-4-8-13(16)14-10-20(11-15(14)17(21)22)18(23)19-12-6-2-3-7-12/h4-5,8-9,12,14-15H,2-3,6-7,10-11H2,1H3,(H,19,23)(H,21,22)/t14-,15+/m0/s1. The number of ether oxygens (including phenoxy) is 1. The maximum absolute atomic E-state index is 12.5. The third-order valence-electron chi connectivity index (χ3n) is 5.15. The molecule has 2 N–H and O–H groups in total. The van der Waals surface area contributed by atoms with E-state index >= 15 is 0 Å². The molecular weight excluding hydrogens is 308 g/mol. The zero-order valence-electron chi connectivity index (χ0n) is 13.9. The molecule has 130 valence electrons. The van der Waals surface area contributed by atoms with Crippen molar-refractivity contribution in [1.82, 2.24) is 10.2 Å². The van der Waals surface area contributed by atoms with Gasteiger partial charge in [0.2, 0.25) is 0 Å². The molecule has 1 saturated carbocycles. The third-order valence-corrected chi connectivity index (χ3v) is 5.15. The Morgan fingerprint density at radius 3 is 2.58 bits per heavy atom. The number of methoxy groups -OCH3 is 1. The second kappa shape index (κ2) is 7.11. The molecule has 2 amide bonds. The Morgan fingerprint density at radius 1 is 1.21 bits per heavy atom. The van der Waals surface area contributed by atoms with Crippen LogP contribution in [0.3, 0.4) is 0 Å². The van der Waals surface area contributed by atoms with Gasteiger partial charge in [-0.05, 0) is 24.5 Å². The number of nitrogens with zero attached hydrogens (tertiary/aromatic N) is 1. The van der Waals surface area contributed by atoms with Crippen molar-refractivity contribution in [2.24, 2.45) is 5.92 Å². The lowest BCUT2D eigenvalue weighted by Gasteiger charge is -2.21. The highest BCUT2D eigenvalue weighted by atomic mass is 16.5. The van der Waals surface area contributed by atoms with Gasteiger partial charge < -0.3 is 20.1 Å². The highest BCUT2D eigenvalue weighted by Gasteiger charge is 2.42. The second-order valence-corrected chi connectivity index (χ2v) is 6.63. The summed E-state index contributed by atoms with van der Waals surface area (Å²) in [5.41, 5.74) is 0.851. The minimum atomic E-state index is -0.873. The minimum absolute atomic E-state index is 0.148. The van der Waals surface area contributed by atoms with Crippen LogP contribution < -0.4 is 10.1 Å². The number of likely N-dealkylation sites (tertiary alicyclic amines) is 1. The van der Waals surface area contributed by atoms with E-state index in [4.69, 9.17) is 4.74 Å². The summed E-state index contributed by atoms with van der Waals surface area (Å²) in [5.74, 6) is -1.07. The average Bonchev–Trinajstić information content (AvgIpc) is 3.24. The number of hydrogen-bond acceptors (Lipinski definition) is 3. The van der Waals surface area contributed by atoms with Gasteiger partial charge in [0.15, 0.2) is 0 Å². The summed E-state index contributed by atoms with van der Waals surface area (Å²) < 4.78 is 5.38. The fraction of sp³-hybridized carbons (Fsp3) is 0.556. The number of hydrogen-bond donors (Lipinski definition) is 2. The van der Waals surface area contributed by atoms with Gasteiger partial charge >= 0.3 is 12.0 Å². The van der Waals surface area contributed by atoms with Crippen molar-refractivity contribution in [3.63, 3.8) is 0 Å². The van der Waals surface area contributed by atoms with Crippen molar-refractivity contribution >= 4 is 12.0 Å². The van der Waals surface area contributed by atoms with E-state index in [2.05, 4.69) is 5.32 Å². The molecule has 24 heavy (non-hydrogen) atoms. The van der Waals surface area contributed by atoms with Gasteiger partial charge in [0.25, 0.3) is 0 Å². The van der Waals surface area contributed by atoms with Crippen molar-refractivity contribution in [1.29, 1.82) is 0 Å². The van der Waals surface area contributed by atoms with E-state index in [-0.39, 0.29) is 24.5 Å². The summed E-state index contributed by atoms with van der Waals surface area (Å²) in [7, 11) is 1.58. The molecule has 0 aromatic heterocycles. The van der Waals surface area contributed by atoms with E-state index in [9.17, 15) is 14.7 Å². The molecule has 2 aliphatic rings. The number of nitrogens with one attached hydrogen (secondary N) is 1. The number of urea groups is 1. The second-order valence-electron chi connectivity index (χ2n) is 6.63. The number of carboxylic acid groups (broad SMARTS) is 1. The van der Waals surface area contributed by atoms with Crippen molar-refractivity contribution in [2.75, 3.05) is 20.2 Å². The molecule has 1 aromatic carbocycles. The zero-order valence-corrected chi connectivity index (χ0v) is 13.9. The first-order valence-electron chi connectivity index (χ1n) is 8.51. The van der Waals surface area contributed by atoms with E-state index in [0.29, 0.717) is 12.3 Å². The van der Waals surface area contributed by atoms with Gasteiger partial charge in [-0.25, -0.2) is 4.79 Å². The maximum Gasteiger partial charge on any atom is 0.317 e. The monoisotopic (exact) mass is 332 g/mol. The molecular formula is C18H24N2O4. The molecule has 0 unspecified atom stereocenters. The summed E-state index contributed by atoms with van der Waals surface area (Å²) >= 11 is 0. The number of rotatable bonds is 4. The molecule has 1 aromatic rings. The van der Waals surface area contributed by atoms with Crippen molar-refractivity contribution in [2.45, 2.75) is 37.6 Å². The highest BCUT2D eigenvalue weighted by molar-refractivity contribution is 5.79. The fourth-order valence-corrected chi connectivity index (χ4v) is 3.84. The predicted molar refractivity (Wildman–Crippen MR) is 89.2 cm³/mol. The third kappa shape index (κ3) is 3.32. The number of carboxylic acids is 1. The highest BCUT2D eigenvalue weighted by Crippen LogP contribution is 2.37. The van der Waals surface area contributed by atoms with E-state index in [1.807, 2.05) is 24.3 Å². The van der Waals surface area contributed by atoms with Crippen LogP contribution in [0.5, 0.6) is 5.75 Å². The smallest absolute Gasteiger partial charge is 0.317 e. The Morgan fingerprint density at radius 2 is 1.92 bits per heavy atom. The van der Waals surface area contributed by atoms with Gasteiger partial charge in [-0.2, -0.15) is 0 Å². The molecule has 2 atom stereocenters. The largest absolute Gasteiger partial charge is 0.496 e. The van der Waals surface area contributed by atoms with Gasteiger partial charge in [-0.15, -0.1) is 0 Å². The molecule has 0 spiro atoms. The Bertz CT molecular complexity index is 613. The Kier molecular flexibility index (Phi) is 4.92. The van der Waals surface area contributed by atoms with E-state index in [1.54, 1.807) is 12.0 Å². The van der Waals surface area contributed by atoms with E-state index in [0.717, 1.165) is 31.2 Å². The van der Waals surface area contributed by atoms with Crippen molar-refractivity contribution in [3.8, 4) is 5.75 Å².